The van der Waals surface area contributed by atoms with E-state index < -0.39 is 0 Å². The molecule has 1 aliphatic carbocycles. The topological polar surface area (TPSA) is 61.9 Å². The summed E-state index contributed by atoms with van der Waals surface area (Å²) in [5.41, 5.74) is 0. The number of piperazine rings is 1. The second kappa shape index (κ2) is 9.42. The highest BCUT2D eigenvalue weighted by molar-refractivity contribution is 6.30. The van der Waals surface area contributed by atoms with Crippen molar-refractivity contribution in [2.45, 2.75) is 31.7 Å². The Hall–Kier alpha value is -1.79. The van der Waals surface area contributed by atoms with E-state index in [-0.39, 0.29) is 24.5 Å². The van der Waals surface area contributed by atoms with Crippen molar-refractivity contribution in [1.29, 1.82) is 0 Å². The minimum Gasteiger partial charge on any atom is -0.484 e. The number of likely N-dealkylation sites (N-methyl/N-ethyl adjacent to an activating group) is 1. The van der Waals surface area contributed by atoms with E-state index in [1.54, 1.807) is 31.3 Å². The lowest BCUT2D eigenvalue weighted by atomic mass is 9.95. The maximum absolute atomic E-state index is 12.4. The Morgan fingerprint density at radius 2 is 1.78 bits per heavy atom. The molecule has 1 heterocycles. The fraction of sp³-hybridized carbons (Fsp3) is 0.600. The molecule has 27 heavy (non-hydrogen) atoms. The molecule has 1 aromatic carbocycles. The molecule has 7 heteroatoms. The van der Waals surface area contributed by atoms with Crippen molar-refractivity contribution < 1.29 is 14.3 Å². The number of hydrogen-bond acceptors (Lipinski definition) is 4. The quantitative estimate of drug-likeness (QED) is 0.804. The van der Waals surface area contributed by atoms with E-state index in [1.807, 2.05) is 4.90 Å². The normalized spacial score (nSPS) is 19.7. The van der Waals surface area contributed by atoms with Crippen molar-refractivity contribution >= 4 is 23.4 Å². The maximum atomic E-state index is 12.4. The summed E-state index contributed by atoms with van der Waals surface area (Å²) in [6.45, 7) is 2.72. The number of benzene rings is 1. The molecule has 3 rings (SSSR count). The highest BCUT2D eigenvalue weighted by Crippen LogP contribution is 2.31. The van der Waals surface area contributed by atoms with Crippen LogP contribution < -0.4 is 10.1 Å². The van der Waals surface area contributed by atoms with E-state index in [9.17, 15) is 9.59 Å². The molecule has 0 unspecified atom stereocenters. The molecule has 2 amide bonds. The van der Waals surface area contributed by atoms with E-state index in [0.717, 1.165) is 25.9 Å². The molecule has 2 fully saturated rings. The molecule has 0 aromatic heterocycles. The second-order valence-corrected chi connectivity index (χ2v) is 7.70. The summed E-state index contributed by atoms with van der Waals surface area (Å²) in [5.74, 6) is 1.14. The number of carbonyl (C=O) groups excluding carboxylic acids is 2. The molecule has 1 atom stereocenters. The number of amides is 2. The number of nitrogens with one attached hydrogen (secondary N) is 1. The smallest absolute Gasteiger partial charge is 0.260 e. The summed E-state index contributed by atoms with van der Waals surface area (Å²) in [6.07, 6.45) is 4.65. The maximum Gasteiger partial charge on any atom is 0.260 e. The fourth-order valence-electron chi connectivity index (χ4n) is 4.12. The molecule has 2 aliphatic rings. The zero-order valence-corrected chi connectivity index (χ0v) is 16.6. The Balaban J connectivity index is 1.50. The molecule has 1 N–H and O–H groups in total. The molecule has 0 radical (unpaired) electrons. The number of rotatable bonds is 6. The van der Waals surface area contributed by atoms with Crippen LogP contribution in [0.4, 0.5) is 0 Å². The van der Waals surface area contributed by atoms with Crippen molar-refractivity contribution in [3.8, 4) is 5.75 Å². The molecular formula is C20H28ClN3O3. The van der Waals surface area contributed by atoms with Crippen LogP contribution in [0.15, 0.2) is 24.3 Å². The van der Waals surface area contributed by atoms with Gasteiger partial charge in [0.1, 0.15) is 5.75 Å². The Morgan fingerprint density at radius 1 is 1.15 bits per heavy atom. The molecule has 1 saturated heterocycles. The molecule has 1 saturated carbocycles. The van der Waals surface area contributed by atoms with Crippen LogP contribution in [0.25, 0.3) is 0 Å². The molecule has 1 aliphatic heterocycles. The lowest BCUT2D eigenvalue weighted by molar-refractivity contribution is -0.137. The second-order valence-electron chi connectivity index (χ2n) is 7.26. The lowest BCUT2D eigenvalue weighted by Gasteiger charge is -2.40. The Morgan fingerprint density at radius 3 is 2.37 bits per heavy atom. The van der Waals surface area contributed by atoms with Crippen molar-refractivity contribution in [2.24, 2.45) is 5.92 Å². The molecule has 0 bridgehead atoms. The highest BCUT2D eigenvalue weighted by Gasteiger charge is 2.36. The van der Waals surface area contributed by atoms with Gasteiger partial charge in [-0.25, -0.2) is 0 Å². The summed E-state index contributed by atoms with van der Waals surface area (Å²) < 4.78 is 5.56. The van der Waals surface area contributed by atoms with Crippen LogP contribution in [0.1, 0.15) is 25.7 Å². The number of ether oxygens (including phenoxy) is 1. The number of halogens is 1. The van der Waals surface area contributed by atoms with Crippen LogP contribution in [-0.4, -0.2) is 67.5 Å². The summed E-state index contributed by atoms with van der Waals surface area (Å²) in [6, 6.07) is 6.91. The van der Waals surface area contributed by atoms with Crippen LogP contribution in [0, 0.1) is 5.92 Å². The van der Waals surface area contributed by atoms with Crippen LogP contribution >= 0.6 is 11.6 Å². The summed E-state index contributed by atoms with van der Waals surface area (Å²) in [5, 5.41) is 3.46. The van der Waals surface area contributed by atoms with Gasteiger partial charge in [-0.05, 0) is 43.0 Å². The van der Waals surface area contributed by atoms with Gasteiger partial charge in [-0.15, -0.1) is 0 Å². The van der Waals surface area contributed by atoms with Crippen LogP contribution in [-0.2, 0) is 9.59 Å². The van der Waals surface area contributed by atoms with Gasteiger partial charge in [0, 0.05) is 38.2 Å². The highest BCUT2D eigenvalue weighted by atomic mass is 35.5. The third-order valence-electron chi connectivity index (χ3n) is 5.60. The average Bonchev–Trinajstić information content (AvgIpc) is 3.22. The summed E-state index contributed by atoms with van der Waals surface area (Å²) in [4.78, 5) is 28.9. The van der Waals surface area contributed by atoms with E-state index in [2.05, 4.69) is 10.2 Å². The summed E-state index contributed by atoms with van der Waals surface area (Å²) >= 11 is 5.85. The predicted octanol–water partition coefficient (Wildman–Crippen LogP) is 2.17. The molecule has 0 spiro atoms. The van der Waals surface area contributed by atoms with Gasteiger partial charge in [0.15, 0.2) is 6.61 Å². The van der Waals surface area contributed by atoms with Gasteiger partial charge in [0.25, 0.3) is 5.91 Å². The first kappa shape index (κ1) is 20.0. The zero-order valence-electron chi connectivity index (χ0n) is 15.8. The number of hydrogen-bond donors (Lipinski definition) is 1. The van der Waals surface area contributed by atoms with Crippen molar-refractivity contribution in [3.63, 3.8) is 0 Å². The summed E-state index contributed by atoms with van der Waals surface area (Å²) in [7, 11) is 1.71. The average molecular weight is 394 g/mol. The minimum atomic E-state index is -0.0694. The van der Waals surface area contributed by atoms with Gasteiger partial charge in [0.2, 0.25) is 5.91 Å². The van der Waals surface area contributed by atoms with E-state index in [1.165, 1.54) is 12.8 Å². The first-order valence-electron chi connectivity index (χ1n) is 9.70. The Kier molecular flexibility index (Phi) is 6.96. The van der Waals surface area contributed by atoms with E-state index >= 15 is 0 Å². The van der Waals surface area contributed by atoms with E-state index in [4.69, 9.17) is 16.3 Å². The standard InChI is InChI=1S/C20H28ClN3O3/c1-22-20(26)19(15-4-2-3-5-15)24-12-10-23(11-13-24)18(25)14-27-17-8-6-16(21)7-9-17/h6-9,15,19H,2-5,10-14H2,1H3,(H,22,26)/t19-/m1/s1. The number of carbonyl (C=O) groups is 2. The Labute approximate surface area is 165 Å². The first-order chi connectivity index (χ1) is 13.1. The molecule has 1 aromatic rings. The van der Waals surface area contributed by atoms with Crippen molar-refractivity contribution in [2.75, 3.05) is 39.8 Å². The largest absolute Gasteiger partial charge is 0.484 e. The van der Waals surface area contributed by atoms with Gasteiger partial charge in [-0.2, -0.15) is 0 Å². The SMILES string of the molecule is CNC(=O)[C@@H](C1CCCC1)N1CCN(C(=O)COc2ccc(Cl)cc2)CC1. The predicted molar refractivity (Wildman–Crippen MR) is 105 cm³/mol. The van der Waals surface area contributed by atoms with Crippen LogP contribution in [0.3, 0.4) is 0 Å². The van der Waals surface area contributed by atoms with Gasteiger partial charge in [-0.1, -0.05) is 24.4 Å². The van der Waals surface area contributed by atoms with Gasteiger partial charge < -0.3 is 15.0 Å². The first-order valence-corrected chi connectivity index (χ1v) is 10.1. The number of nitrogens with zero attached hydrogens (tertiary/aromatic N) is 2. The molecular weight excluding hydrogens is 366 g/mol. The minimum absolute atomic E-state index is 0.0170. The van der Waals surface area contributed by atoms with Crippen molar-refractivity contribution in [1.82, 2.24) is 15.1 Å². The molecule has 148 valence electrons. The fourth-order valence-corrected chi connectivity index (χ4v) is 4.24. The van der Waals surface area contributed by atoms with Gasteiger partial charge >= 0.3 is 0 Å². The van der Waals surface area contributed by atoms with Crippen molar-refractivity contribution in [3.05, 3.63) is 29.3 Å². The third kappa shape index (κ3) is 5.14. The lowest BCUT2D eigenvalue weighted by Crippen LogP contribution is -2.58. The monoisotopic (exact) mass is 393 g/mol. The zero-order chi connectivity index (χ0) is 19.2. The van der Waals surface area contributed by atoms with Crippen LogP contribution in [0.2, 0.25) is 5.02 Å². The van der Waals surface area contributed by atoms with Gasteiger partial charge in [0.05, 0.1) is 6.04 Å². The third-order valence-corrected chi connectivity index (χ3v) is 5.85. The van der Waals surface area contributed by atoms with Gasteiger partial charge in [-0.3, -0.25) is 14.5 Å². The van der Waals surface area contributed by atoms with E-state index in [0.29, 0.717) is 29.8 Å². The van der Waals surface area contributed by atoms with Crippen LogP contribution in [0.5, 0.6) is 5.75 Å². The molecule has 6 nitrogen and oxygen atoms in total. The Bertz CT molecular complexity index is 638.